The van der Waals surface area contributed by atoms with E-state index in [2.05, 4.69) is 20.8 Å². The number of benzene rings is 1. The van der Waals surface area contributed by atoms with Gasteiger partial charge in [-0.1, -0.05) is 45.4 Å². The Labute approximate surface area is 144 Å². The quantitative estimate of drug-likeness (QED) is 0.760. The van der Waals surface area contributed by atoms with E-state index in [1.807, 2.05) is 19.1 Å². The number of esters is 2. The molecule has 132 valence electrons. The van der Waals surface area contributed by atoms with Gasteiger partial charge >= 0.3 is 11.9 Å². The summed E-state index contributed by atoms with van der Waals surface area (Å²) in [7, 11) is 0. The van der Waals surface area contributed by atoms with Crippen molar-refractivity contribution in [1.82, 2.24) is 0 Å². The third-order valence-corrected chi connectivity index (χ3v) is 4.93. The Hall–Kier alpha value is -1.84. The first-order chi connectivity index (χ1) is 11.4. The molecule has 1 aromatic rings. The number of rotatable bonds is 5. The first-order valence-corrected chi connectivity index (χ1v) is 8.80. The molecule has 0 saturated heterocycles. The molecule has 1 fully saturated rings. The summed E-state index contributed by atoms with van der Waals surface area (Å²) in [5.74, 6) is 0.485. The number of hydrogen-bond donors (Lipinski definition) is 0. The van der Waals surface area contributed by atoms with E-state index in [1.165, 1.54) is 6.42 Å². The second-order valence-electron chi connectivity index (χ2n) is 7.25. The Kier molecular flexibility index (Phi) is 6.41. The predicted molar refractivity (Wildman–Crippen MR) is 92.7 cm³/mol. The van der Waals surface area contributed by atoms with Crippen LogP contribution in [0.25, 0.3) is 0 Å². The molecule has 1 aromatic carbocycles. The largest absolute Gasteiger partial charge is 0.460 e. The van der Waals surface area contributed by atoms with Gasteiger partial charge in [0.15, 0.2) is 6.61 Å². The molecule has 4 heteroatoms. The highest BCUT2D eigenvalue weighted by Crippen LogP contribution is 2.35. The van der Waals surface area contributed by atoms with Gasteiger partial charge in [0.1, 0.15) is 6.10 Å². The highest BCUT2D eigenvalue weighted by molar-refractivity contribution is 5.92. The lowest BCUT2D eigenvalue weighted by atomic mass is 9.75. The summed E-state index contributed by atoms with van der Waals surface area (Å²) >= 11 is 0. The zero-order valence-corrected chi connectivity index (χ0v) is 15.1. The van der Waals surface area contributed by atoms with Crippen LogP contribution in [0.2, 0.25) is 0 Å². The van der Waals surface area contributed by atoms with Crippen molar-refractivity contribution in [2.45, 2.75) is 53.1 Å². The van der Waals surface area contributed by atoms with Crippen molar-refractivity contribution >= 4 is 11.9 Å². The maximum absolute atomic E-state index is 12.1. The number of aryl methyl sites for hydroxylation is 1. The topological polar surface area (TPSA) is 52.6 Å². The van der Waals surface area contributed by atoms with Crippen molar-refractivity contribution in [1.29, 1.82) is 0 Å². The van der Waals surface area contributed by atoms with Crippen LogP contribution < -0.4 is 0 Å². The summed E-state index contributed by atoms with van der Waals surface area (Å²) in [5.41, 5.74) is 1.31. The average Bonchev–Trinajstić information content (AvgIpc) is 2.53. The smallest absolute Gasteiger partial charge is 0.344 e. The Bertz CT molecular complexity index is 579. The molecule has 24 heavy (non-hydrogen) atoms. The van der Waals surface area contributed by atoms with E-state index in [0.717, 1.165) is 18.4 Å². The van der Waals surface area contributed by atoms with E-state index in [-0.39, 0.29) is 12.7 Å². The first kappa shape index (κ1) is 18.5. The number of carbonyl (C=O) groups excluding carboxylic acids is 2. The van der Waals surface area contributed by atoms with Gasteiger partial charge in [-0.2, -0.15) is 0 Å². The molecule has 1 aliphatic rings. The minimum atomic E-state index is -0.484. The molecule has 1 saturated carbocycles. The summed E-state index contributed by atoms with van der Waals surface area (Å²) in [6.07, 6.45) is 3.08. The monoisotopic (exact) mass is 332 g/mol. The molecule has 3 atom stereocenters. The van der Waals surface area contributed by atoms with E-state index in [0.29, 0.717) is 23.3 Å². The van der Waals surface area contributed by atoms with Crippen molar-refractivity contribution in [2.24, 2.45) is 17.8 Å². The predicted octanol–water partition coefficient (Wildman–Crippen LogP) is 4.16. The minimum absolute atomic E-state index is 0.0709. The van der Waals surface area contributed by atoms with Crippen molar-refractivity contribution in [2.75, 3.05) is 6.61 Å². The van der Waals surface area contributed by atoms with Crippen LogP contribution in [0.4, 0.5) is 0 Å². The van der Waals surface area contributed by atoms with Gasteiger partial charge < -0.3 is 9.47 Å². The molecular weight excluding hydrogens is 304 g/mol. The average molecular weight is 332 g/mol. The molecule has 0 spiro atoms. The summed E-state index contributed by atoms with van der Waals surface area (Å²) in [6.45, 7) is 8.03. The fourth-order valence-electron chi connectivity index (χ4n) is 3.46. The zero-order valence-electron chi connectivity index (χ0n) is 15.1. The maximum atomic E-state index is 12.1. The lowest BCUT2D eigenvalue weighted by Crippen LogP contribution is -2.36. The fourth-order valence-corrected chi connectivity index (χ4v) is 3.46. The molecule has 4 nitrogen and oxygen atoms in total. The van der Waals surface area contributed by atoms with Gasteiger partial charge in [0, 0.05) is 0 Å². The molecule has 0 radical (unpaired) electrons. The van der Waals surface area contributed by atoms with Gasteiger partial charge in [-0.15, -0.1) is 0 Å². The van der Waals surface area contributed by atoms with Gasteiger partial charge in [-0.25, -0.2) is 9.59 Å². The van der Waals surface area contributed by atoms with E-state index < -0.39 is 11.9 Å². The number of ether oxygens (including phenoxy) is 2. The zero-order chi connectivity index (χ0) is 17.7. The molecule has 0 unspecified atom stereocenters. The van der Waals surface area contributed by atoms with Crippen LogP contribution in [0.15, 0.2) is 24.3 Å². The van der Waals surface area contributed by atoms with Gasteiger partial charge in [-0.3, -0.25) is 0 Å². The molecule has 0 bridgehead atoms. The molecule has 0 N–H and O–H groups in total. The van der Waals surface area contributed by atoms with Crippen molar-refractivity contribution in [3.8, 4) is 0 Å². The molecule has 1 aliphatic carbocycles. The second kappa shape index (κ2) is 8.32. The van der Waals surface area contributed by atoms with Crippen LogP contribution in [0, 0.1) is 24.7 Å². The molecular formula is C20H28O4. The Balaban J connectivity index is 1.88. The molecule has 2 rings (SSSR count). The van der Waals surface area contributed by atoms with Crippen LogP contribution in [-0.2, 0) is 14.3 Å². The molecule has 0 heterocycles. The number of hydrogen-bond acceptors (Lipinski definition) is 4. The normalized spacial score (nSPS) is 23.8. The van der Waals surface area contributed by atoms with Crippen LogP contribution in [0.1, 0.15) is 56.0 Å². The number of carbonyl (C=O) groups is 2. The highest BCUT2D eigenvalue weighted by Gasteiger charge is 2.33. The van der Waals surface area contributed by atoms with E-state index in [1.54, 1.807) is 12.1 Å². The summed E-state index contributed by atoms with van der Waals surface area (Å²) in [4.78, 5) is 24.2. The highest BCUT2D eigenvalue weighted by atomic mass is 16.6. The lowest BCUT2D eigenvalue weighted by Gasteiger charge is -2.36. The summed E-state index contributed by atoms with van der Waals surface area (Å²) in [5, 5.41) is 0. The minimum Gasteiger partial charge on any atom is -0.460 e. The third-order valence-electron chi connectivity index (χ3n) is 4.93. The molecule has 0 amide bonds. The SMILES string of the molecule is Cc1ccccc1C(=O)OCC(=O)O[C@H]1C[C@H](C)CC[C@H]1C(C)C. The second-order valence-corrected chi connectivity index (χ2v) is 7.25. The van der Waals surface area contributed by atoms with Crippen LogP contribution >= 0.6 is 0 Å². The van der Waals surface area contributed by atoms with Crippen molar-refractivity contribution in [3.05, 3.63) is 35.4 Å². The van der Waals surface area contributed by atoms with Gasteiger partial charge in [0.05, 0.1) is 5.56 Å². The lowest BCUT2D eigenvalue weighted by molar-refractivity contribution is -0.159. The summed E-state index contributed by atoms with van der Waals surface area (Å²) in [6, 6.07) is 7.17. The first-order valence-electron chi connectivity index (χ1n) is 8.80. The third kappa shape index (κ3) is 4.83. The maximum Gasteiger partial charge on any atom is 0.344 e. The Morgan fingerprint density at radius 3 is 2.58 bits per heavy atom. The van der Waals surface area contributed by atoms with Gasteiger partial charge in [0.25, 0.3) is 0 Å². The van der Waals surface area contributed by atoms with E-state index in [4.69, 9.17) is 9.47 Å². The Morgan fingerprint density at radius 2 is 1.92 bits per heavy atom. The van der Waals surface area contributed by atoms with Gasteiger partial charge in [0.2, 0.25) is 0 Å². The van der Waals surface area contributed by atoms with Crippen LogP contribution in [-0.4, -0.2) is 24.6 Å². The fraction of sp³-hybridized carbons (Fsp3) is 0.600. The van der Waals surface area contributed by atoms with Crippen LogP contribution in [0.3, 0.4) is 0 Å². The van der Waals surface area contributed by atoms with Crippen molar-refractivity contribution < 1.29 is 19.1 Å². The Morgan fingerprint density at radius 1 is 1.21 bits per heavy atom. The summed E-state index contributed by atoms with van der Waals surface area (Å²) < 4.78 is 10.8. The van der Waals surface area contributed by atoms with E-state index in [9.17, 15) is 9.59 Å². The van der Waals surface area contributed by atoms with Crippen LogP contribution in [0.5, 0.6) is 0 Å². The standard InChI is InChI=1S/C20H28O4/c1-13(2)16-10-9-14(3)11-18(16)24-19(21)12-23-20(22)17-8-6-5-7-15(17)4/h5-8,13-14,16,18H,9-12H2,1-4H3/t14-,16+,18+/m1/s1. The molecule has 0 aromatic heterocycles. The molecule has 0 aliphatic heterocycles. The van der Waals surface area contributed by atoms with Gasteiger partial charge in [-0.05, 0) is 49.1 Å². The van der Waals surface area contributed by atoms with Crippen molar-refractivity contribution in [3.63, 3.8) is 0 Å². The van der Waals surface area contributed by atoms with E-state index >= 15 is 0 Å².